The number of allylic oxidation sites excluding steroid dienone is 1. The molecule has 0 heterocycles. The molecule has 0 bridgehead atoms. The third kappa shape index (κ3) is 1.64. The number of hydrogen-bond acceptors (Lipinski definition) is 1. The largest absolute Gasteiger partial charge is 0.389 e. The van der Waals surface area contributed by atoms with Gasteiger partial charge in [-0.3, -0.25) is 5.11 Å². The van der Waals surface area contributed by atoms with Crippen molar-refractivity contribution in [2.24, 2.45) is 0 Å². The summed E-state index contributed by atoms with van der Waals surface area (Å²) in [4.78, 5) is 0. The minimum Gasteiger partial charge on any atom is -0.389 e. The molecule has 0 amide bonds. The van der Waals surface area contributed by atoms with Crippen LogP contribution in [-0.2, 0) is 5.11 Å². The smallest absolute Gasteiger partial charge is 0.161 e. The Morgan fingerprint density at radius 2 is 2.33 bits per heavy atom. The standard InChI is InChI=1S/C4H8NO/c1-4(3-6)5-2/h3,5H,1-2H3. The predicted octanol–water partition coefficient (Wildman–Crippen LogP) is 0.498. The van der Waals surface area contributed by atoms with E-state index in [1.807, 2.05) is 0 Å². The molecule has 0 rings (SSSR count). The van der Waals surface area contributed by atoms with E-state index in [2.05, 4.69) is 5.32 Å². The molecule has 0 atom stereocenters. The molecule has 0 unspecified atom stereocenters. The highest BCUT2D eigenvalue weighted by molar-refractivity contribution is 4.85. The summed E-state index contributed by atoms with van der Waals surface area (Å²) < 4.78 is 0. The third-order valence-electron chi connectivity index (χ3n) is 0.571. The molecule has 1 N–H and O–H groups in total. The van der Waals surface area contributed by atoms with Crippen LogP contribution in [0.25, 0.3) is 0 Å². The monoisotopic (exact) mass is 86.1 g/mol. The Labute approximate surface area is 37.5 Å². The van der Waals surface area contributed by atoms with Crippen LogP contribution in [-0.4, -0.2) is 7.05 Å². The molecule has 0 aromatic heterocycles. The van der Waals surface area contributed by atoms with Crippen molar-refractivity contribution in [1.82, 2.24) is 5.32 Å². The van der Waals surface area contributed by atoms with Crippen LogP contribution in [0.1, 0.15) is 6.92 Å². The molecule has 0 aromatic carbocycles. The van der Waals surface area contributed by atoms with Gasteiger partial charge in [0, 0.05) is 12.7 Å². The van der Waals surface area contributed by atoms with E-state index < -0.39 is 0 Å². The highest BCUT2D eigenvalue weighted by Crippen LogP contribution is 1.76. The second kappa shape index (κ2) is 2.57. The lowest BCUT2D eigenvalue weighted by Gasteiger charge is -1.88. The van der Waals surface area contributed by atoms with Crippen LogP contribution in [0.15, 0.2) is 12.0 Å². The van der Waals surface area contributed by atoms with E-state index >= 15 is 0 Å². The van der Waals surface area contributed by atoms with E-state index in [-0.39, 0.29) is 0 Å². The molecule has 0 spiro atoms. The lowest BCUT2D eigenvalue weighted by atomic mass is 10.6. The molecular weight excluding hydrogens is 78.0 g/mol. The van der Waals surface area contributed by atoms with E-state index in [0.29, 0.717) is 5.70 Å². The Bertz CT molecular complexity index is 58.6. The highest BCUT2D eigenvalue weighted by atomic mass is 16.2. The molecule has 2 nitrogen and oxygen atoms in total. The fourth-order valence-electron chi connectivity index (χ4n) is 0.0589. The van der Waals surface area contributed by atoms with Gasteiger partial charge in [-0.2, -0.15) is 0 Å². The predicted molar refractivity (Wildman–Crippen MR) is 23.5 cm³/mol. The van der Waals surface area contributed by atoms with Gasteiger partial charge >= 0.3 is 0 Å². The number of rotatable bonds is 1. The molecule has 0 saturated heterocycles. The summed E-state index contributed by atoms with van der Waals surface area (Å²) in [6, 6.07) is 0. The van der Waals surface area contributed by atoms with E-state index in [9.17, 15) is 5.11 Å². The Kier molecular flexibility index (Phi) is 2.29. The fourth-order valence-corrected chi connectivity index (χ4v) is 0.0589. The lowest BCUT2D eigenvalue weighted by Crippen LogP contribution is -1.99. The van der Waals surface area contributed by atoms with Gasteiger partial charge in [-0.15, -0.1) is 0 Å². The molecule has 0 fully saturated rings. The molecular formula is C4H8NO. The van der Waals surface area contributed by atoms with Crippen LogP contribution in [0.3, 0.4) is 0 Å². The molecule has 0 saturated carbocycles. The van der Waals surface area contributed by atoms with Crippen LogP contribution in [0.5, 0.6) is 0 Å². The maximum Gasteiger partial charge on any atom is 0.161 e. The van der Waals surface area contributed by atoms with Crippen LogP contribution >= 0.6 is 0 Å². The van der Waals surface area contributed by atoms with Gasteiger partial charge < -0.3 is 5.32 Å². The first-order valence-electron chi connectivity index (χ1n) is 1.77. The second-order valence-electron chi connectivity index (χ2n) is 1.05. The Hall–Kier alpha value is -0.660. The summed E-state index contributed by atoms with van der Waals surface area (Å²) in [5.41, 5.74) is 0.662. The topological polar surface area (TPSA) is 31.9 Å². The van der Waals surface area contributed by atoms with Gasteiger partial charge in [0.1, 0.15) is 0 Å². The molecule has 2 heteroatoms. The van der Waals surface area contributed by atoms with Crippen LogP contribution in [0.4, 0.5) is 0 Å². The number of nitrogens with one attached hydrogen (secondary N) is 1. The second-order valence-corrected chi connectivity index (χ2v) is 1.05. The number of hydrogen-bond donors (Lipinski definition) is 1. The normalized spacial score (nSPS) is 11.3. The SMILES string of the molecule is CNC(C)=C[O]. The van der Waals surface area contributed by atoms with Crippen LogP contribution in [0, 0.1) is 0 Å². The van der Waals surface area contributed by atoms with E-state index in [0.717, 1.165) is 6.26 Å². The van der Waals surface area contributed by atoms with Crippen molar-refractivity contribution in [3.05, 3.63) is 12.0 Å². The van der Waals surface area contributed by atoms with E-state index in [1.54, 1.807) is 14.0 Å². The first-order chi connectivity index (χ1) is 2.81. The molecule has 0 aromatic rings. The summed E-state index contributed by atoms with van der Waals surface area (Å²) in [5.74, 6) is 0. The van der Waals surface area contributed by atoms with Gasteiger partial charge in [-0.1, -0.05) is 0 Å². The summed E-state index contributed by atoms with van der Waals surface area (Å²) in [6.45, 7) is 1.72. The van der Waals surface area contributed by atoms with Crippen molar-refractivity contribution in [3.8, 4) is 0 Å². The first-order valence-corrected chi connectivity index (χ1v) is 1.77. The first kappa shape index (κ1) is 5.34. The van der Waals surface area contributed by atoms with Crippen molar-refractivity contribution in [2.45, 2.75) is 6.92 Å². The minimum absolute atomic E-state index is 0.662. The molecule has 35 valence electrons. The summed E-state index contributed by atoms with van der Waals surface area (Å²) in [5, 5.41) is 12.3. The molecule has 0 aliphatic rings. The zero-order valence-corrected chi connectivity index (χ0v) is 3.99. The maximum absolute atomic E-state index is 9.64. The Balaban J connectivity index is 3.22. The minimum atomic E-state index is 0.662. The van der Waals surface area contributed by atoms with E-state index in [1.165, 1.54) is 0 Å². The van der Waals surface area contributed by atoms with Crippen molar-refractivity contribution in [3.63, 3.8) is 0 Å². The van der Waals surface area contributed by atoms with Gasteiger partial charge in [0.15, 0.2) is 6.26 Å². The lowest BCUT2D eigenvalue weighted by molar-refractivity contribution is 0.344. The quantitative estimate of drug-likeness (QED) is 0.463. The average molecular weight is 86.1 g/mol. The van der Waals surface area contributed by atoms with Crippen molar-refractivity contribution in [2.75, 3.05) is 7.05 Å². The molecule has 1 radical (unpaired) electrons. The van der Waals surface area contributed by atoms with Crippen molar-refractivity contribution < 1.29 is 5.11 Å². The van der Waals surface area contributed by atoms with Crippen molar-refractivity contribution >= 4 is 0 Å². The fraction of sp³-hybridized carbons (Fsp3) is 0.500. The average Bonchev–Trinajstić information content (AvgIpc) is 1.65. The third-order valence-corrected chi connectivity index (χ3v) is 0.571. The Morgan fingerprint density at radius 1 is 1.83 bits per heavy atom. The van der Waals surface area contributed by atoms with Gasteiger partial charge in [-0.05, 0) is 6.92 Å². The van der Waals surface area contributed by atoms with Crippen LogP contribution in [0.2, 0.25) is 0 Å². The van der Waals surface area contributed by atoms with Gasteiger partial charge in [-0.25, -0.2) is 0 Å². The zero-order valence-electron chi connectivity index (χ0n) is 3.99. The van der Waals surface area contributed by atoms with Crippen molar-refractivity contribution in [1.29, 1.82) is 0 Å². The zero-order chi connectivity index (χ0) is 4.99. The summed E-state index contributed by atoms with van der Waals surface area (Å²) in [7, 11) is 1.71. The maximum atomic E-state index is 9.64. The van der Waals surface area contributed by atoms with E-state index in [4.69, 9.17) is 0 Å². The molecule has 0 aliphatic heterocycles. The van der Waals surface area contributed by atoms with Gasteiger partial charge in [0.25, 0.3) is 0 Å². The Morgan fingerprint density at radius 3 is 2.33 bits per heavy atom. The van der Waals surface area contributed by atoms with Crippen LogP contribution < -0.4 is 5.32 Å². The molecule has 0 aliphatic carbocycles. The highest BCUT2D eigenvalue weighted by Gasteiger charge is 1.73. The summed E-state index contributed by atoms with van der Waals surface area (Å²) >= 11 is 0. The van der Waals surface area contributed by atoms with Gasteiger partial charge in [0.05, 0.1) is 0 Å². The molecule has 6 heavy (non-hydrogen) atoms. The van der Waals surface area contributed by atoms with Gasteiger partial charge in [0.2, 0.25) is 0 Å². The summed E-state index contributed by atoms with van der Waals surface area (Å²) in [6.07, 6.45) is 0.778.